The zero-order valence-corrected chi connectivity index (χ0v) is 18.9. The molecule has 0 aliphatic rings. The molecule has 0 spiro atoms. The highest BCUT2D eigenvalue weighted by Gasteiger charge is 2.19. The Morgan fingerprint density at radius 2 is 1.23 bits per heavy atom. The van der Waals surface area contributed by atoms with Crippen LogP contribution in [0.4, 0.5) is 11.4 Å². The SMILES string of the molecule is Cc1ccc(C)c(S(=O)(=O)Nc2ccc(S(=O)(=O)Nc3c(C)cccc3C)cc2)c1. The Morgan fingerprint density at radius 3 is 1.83 bits per heavy atom. The van der Waals surface area contributed by atoms with E-state index in [-0.39, 0.29) is 15.5 Å². The Labute approximate surface area is 178 Å². The van der Waals surface area contributed by atoms with Gasteiger partial charge in [0.2, 0.25) is 0 Å². The van der Waals surface area contributed by atoms with Gasteiger partial charge in [-0.15, -0.1) is 0 Å². The number of nitrogens with one attached hydrogen (secondary N) is 2. The first-order chi connectivity index (χ1) is 14.0. The number of hydrogen-bond acceptors (Lipinski definition) is 4. The summed E-state index contributed by atoms with van der Waals surface area (Å²) in [6.07, 6.45) is 0. The van der Waals surface area contributed by atoms with Gasteiger partial charge in [-0.3, -0.25) is 9.44 Å². The molecule has 0 fully saturated rings. The minimum Gasteiger partial charge on any atom is -0.280 e. The second-order valence-electron chi connectivity index (χ2n) is 7.27. The zero-order valence-electron chi connectivity index (χ0n) is 17.2. The van der Waals surface area contributed by atoms with Crippen LogP contribution in [0.15, 0.2) is 70.5 Å². The molecule has 158 valence electrons. The summed E-state index contributed by atoms with van der Waals surface area (Å²) in [6, 6.07) is 16.3. The van der Waals surface area contributed by atoms with Gasteiger partial charge in [-0.25, -0.2) is 16.8 Å². The summed E-state index contributed by atoms with van der Waals surface area (Å²) in [5.41, 5.74) is 3.91. The summed E-state index contributed by atoms with van der Waals surface area (Å²) in [7, 11) is -7.60. The van der Waals surface area contributed by atoms with Crippen LogP contribution in [-0.2, 0) is 20.0 Å². The molecule has 0 radical (unpaired) electrons. The van der Waals surface area contributed by atoms with E-state index in [0.717, 1.165) is 16.7 Å². The molecule has 0 unspecified atom stereocenters. The summed E-state index contributed by atoms with van der Waals surface area (Å²) >= 11 is 0. The highest BCUT2D eigenvalue weighted by atomic mass is 32.2. The Kier molecular flexibility index (Phi) is 5.92. The van der Waals surface area contributed by atoms with Gasteiger partial charge in [-0.2, -0.15) is 0 Å². The first kappa shape index (κ1) is 21.9. The molecule has 2 N–H and O–H groups in total. The number of anilines is 2. The molecule has 0 saturated heterocycles. The summed E-state index contributed by atoms with van der Waals surface area (Å²) < 4.78 is 56.1. The van der Waals surface area contributed by atoms with Gasteiger partial charge in [-0.05, 0) is 80.3 Å². The van der Waals surface area contributed by atoms with Crippen molar-refractivity contribution in [3.8, 4) is 0 Å². The van der Waals surface area contributed by atoms with Crippen LogP contribution in [0.1, 0.15) is 22.3 Å². The van der Waals surface area contributed by atoms with Crippen LogP contribution < -0.4 is 9.44 Å². The molecular weight excluding hydrogens is 420 g/mol. The molecule has 0 aromatic heterocycles. The Morgan fingerprint density at radius 1 is 0.633 bits per heavy atom. The third kappa shape index (κ3) is 4.66. The molecular formula is C22H24N2O4S2. The number of sulfonamides is 2. The van der Waals surface area contributed by atoms with Gasteiger partial charge >= 0.3 is 0 Å². The van der Waals surface area contributed by atoms with Gasteiger partial charge in [-0.1, -0.05) is 30.3 Å². The number of aryl methyl sites for hydroxylation is 4. The van der Waals surface area contributed by atoms with Gasteiger partial charge in [0, 0.05) is 5.69 Å². The average Bonchev–Trinajstić information content (AvgIpc) is 2.67. The normalized spacial score (nSPS) is 11.9. The second-order valence-corrected chi connectivity index (χ2v) is 10.6. The summed E-state index contributed by atoms with van der Waals surface area (Å²) in [6.45, 7) is 7.20. The van der Waals surface area contributed by atoms with Crippen molar-refractivity contribution in [2.75, 3.05) is 9.44 Å². The van der Waals surface area contributed by atoms with Crippen LogP contribution in [0.5, 0.6) is 0 Å². The number of para-hydroxylation sites is 1. The molecule has 0 saturated carbocycles. The second kappa shape index (κ2) is 8.12. The van der Waals surface area contributed by atoms with Gasteiger partial charge in [0.05, 0.1) is 15.5 Å². The van der Waals surface area contributed by atoms with Crippen molar-refractivity contribution in [2.45, 2.75) is 37.5 Å². The molecule has 6 nitrogen and oxygen atoms in total. The van der Waals surface area contributed by atoms with E-state index in [1.54, 1.807) is 19.1 Å². The molecule has 0 atom stereocenters. The maximum atomic E-state index is 12.8. The third-order valence-electron chi connectivity index (χ3n) is 4.77. The van der Waals surface area contributed by atoms with Crippen LogP contribution in [0.2, 0.25) is 0 Å². The van der Waals surface area contributed by atoms with Crippen LogP contribution in [0, 0.1) is 27.7 Å². The predicted octanol–water partition coefficient (Wildman–Crippen LogP) is 4.52. The third-order valence-corrected chi connectivity index (χ3v) is 7.66. The van der Waals surface area contributed by atoms with Crippen LogP contribution >= 0.6 is 0 Å². The van der Waals surface area contributed by atoms with E-state index in [1.165, 1.54) is 24.3 Å². The Hall–Kier alpha value is -2.84. The minimum atomic E-state index is -3.81. The summed E-state index contributed by atoms with van der Waals surface area (Å²) in [5.74, 6) is 0. The quantitative estimate of drug-likeness (QED) is 0.585. The van der Waals surface area contributed by atoms with Gasteiger partial charge in [0.15, 0.2) is 0 Å². The van der Waals surface area contributed by atoms with Crippen molar-refractivity contribution in [2.24, 2.45) is 0 Å². The Bertz CT molecular complexity index is 1280. The molecule has 8 heteroatoms. The summed E-state index contributed by atoms with van der Waals surface area (Å²) in [5, 5.41) is 0. The van der Waals surface area contributed by atoms with E-state index in [2.05, 4.69) is 9.44 Å². The van der Waals surface area contributed by atoms with E-state index >= 15 is 0 Å². The smallest absolute Gasteiger partial charge is 0.262 e. The van der Waals surface area contributed by atoms with E-state index in [4.69, 9.17) is 0 Å². The Balaban J connectivity index is 1.85. The number of rotatable bonds is 6. The first-order valence-electron chi connectivity index (χ1n) is 9.29. The van der Waals surface area contributed by atoms with Gasteiger partial charge in [0.25, 0.3) is 20.0 Å². The van der Waals surface area contributed by atoms with Crippen molar-refractivity contribution in [3.05, 3.63) is 82.9 Å². The molecule has 0 bridgehead atoms. The first-order valence-corrected chi connectivity index (χ1v) is 12.3. The maximum Gasteiger partial charge on any atom is 0.262 e. The fourth-order valence-corrected chi connectivity index (χ4v) is 5.67. The fourth-order valence-electron chi connectivity index (χ4n) is 3.08. The largest absolute Gasteiger partial charge is 0.280 e. The van der Waals surface area contributed by atoms with Gasteiger partial charge in [0.1, 0.15) is 0 Å². The minimum absolute atomic E-state index is 0.0415. The fraction of sp³-hybridized carbons (Fsp3) is 0.182. The molecule has 3 rings (SSSR count). The molecule has 0 heterocycles. The van der Waals surface area contributed by atoms with Crippen molar-refractivity contribution in [3.63, 3.8) is 0 Å². The van der Waals surface area contributed by atoms with E-state index in [1.807, 2.05) is 45.0 Å². The van der Waals surface area contributed by atoms with Gasteiger partial charge < -0.3 is 0 Å². The zero-order chi connectivity index (χ0) is 22.1. The van der Waals surface area contributed by atoms with Crippen LogP contribution in [0.25, 0.3) is 0 Å². The molecule has 30 heavy (non-hydrogen) atoms. The lowest BCUT2D eigenvalue weighted by Crippen LogP contribution is -2.16. The monoisotopic (exact) mass is 444 g/mol. The van der Waals surface area contributed by atoms with E-state index in [9.17, 15) is 16.8 Å². The standard InChI is InChI=1S/C22H24N2O4S2/c1-15-8-9-16(2)21(14-15)30(27,28)23-19-10-12-20(13-11-19)29(25,26)24-22-17(3)6-5-7-18(22)4/h5-14,23-24H,1-4H3. The molecule has 3 aromatic carbocycles. The van der Waals surface area contributed by atoms with Crippen molar-refractivity contribution in [1.29, 1.82) is 0 Å². The maximum absolute atomic E-state index is 12.8. The molecule has 3 aromatic rings. The highest BCUT2D eigenvalue weighted by Crippen LogP contribution is 2.25. The van der Waals surface area contributed by atoms with E-state index in [0.29, 0.717) is 11.3 Å². The topological polar surface area (TPSA) is 92.3 Å². The van der Waals surface area contributed by atoms with E-state index < -0.39 is 20.0 Å². The molecule has 0 amide bonds. The molecule has 0 aliphatic carbocycles. The highest BCUT2D eigenvalue weighted by molar-refractivity contribution is 7.93. The summed E-state index contributed by atoms with van der Waals surface area (Å²) in [4.78, 5) is 0.232. The van der Waals surface area contributed by atoms with Crippen LogP contribution in [-0.4, -0.2) is 16.8 Å². The van der Waals surface area contributed by atoms with Crippen molar-refractivity contribution >= 4 is 31.4 Å². The van der Waals surface area contributed by atoms with Crippen molar-refractivity contribution in [1.82, 2.24) is 0 Å². The lowest BCUT2D eigenvalue weighted by Gasteiger charge is -2.14. The number of benzene rings is 3. The lowest BCUT2D eigenvalue weighted by molar-refractivity contribution is 0.599. The number of hydrogen-bond donors (Lipinski definition) is 2. The molecule has 0 aliphatic heterocycles. The van der Waals surface area contributed by atoms with Crippen LogP contribution in [0.3, 0.4) is 0 Å². The predicted molar refractivity (Wildman–Crippen MR) is 120 cm³/mol. The van der Waals surface area contributed by atoms with Crippen molar-refractivity contribution < 1.29 is 16.8 Å². The lowest BCUT2D eigenvalue weighted by atomic mass is 10.1. The average molecular weight is 445 g/mol.